The average molecular weight is 222 g/mol. The lowest BCUT2D eigenvalue weighted by atomic mass is 9.87. The van der Waals surface area contributed by atoms with Gasteiger partial charge in [0, 0.05) is 17.8 Å². The summed E-state index contributed by atoms with van der Waals surface area (Å²) < 4.78 is 1.70. The fourth-order valence-electron chi connectivity index (χ4n) is 2.51. The van der Waals surface area contributed by atoms with Crippen LogP contribution in [0.4, 0.5) is 0 Å². The molecular weight excluding hydrogens is 204 g/mol. The highest BCUT2D eigenvalue weighted by molar-refractivity contribution is 5.02. The van der Waals surface area contributed by atoms with Crippen LogP contribution in [0.1, 0.15) is 44.2 Å². The number of aryl methyl sites for hydroxylation is 1. The topological polar surface area (TPSA) is 54.9 Å². The van der Waals surface area contributed by atoms with Gasteiger partial charge in [0.25, 0.3) is 5.56 Å². The Hall–Kier alpha value is -1.32. The normalized spacial score (nSPS) is 25.6. The van der Waals surface area contributed by atoms with E-state index >= 15 is 0 Å². The number of nitrogens with one attached hydrogen (secondary N) is 1. The molecule has 1 N–H and O–H groups in total. The largest absolute Gasteiger partial charge is 0.328 e. The highest BCUT2D eigenvalue weighted by Gasteiger charge is 2.21. The van der Waals surface area contributed by atoms with Gasteiger partial charge in [0.1, 0.15) is 0 Å². The molecule has 1 aromatic heterocycles. The van der Waals surface area contributed by atoms with Gasteiger partial charge in [-0.15, -0.1) is 0 Å². The number of rotatable bonds is 1. The van der Waals surface area contributed by atoms with Crippen molar-refractivity contribution in [1.82, 2.24) is 9.55 Å². The molecule has 0 spiro atoms. The van der Waals surface area contributed by atoms with Gasteiger partial charge in [-0.25, -0.2) is 4.79 Å². The van der Waals surface area contributed by atoms with E-state index in [1.165, 1.54) is 6.42 Å². The van der Waals surface area contributed by atoms with Crippen molar-refractivity contribution in [1.29, 1.82) is 0 Å². The first kappa shape index (κ1) is 11.2. The van der Waals surface area contributed by atoms with E-state index in [0.29, 0.717) is 11.5 Å². The molecule has 1 aliphatic rings. The van der Waals surface area contributed by atoms with Crippen LogP contribution in [0.5, 0.6) is 0 Å². The first-order chi connectivity index (χ1) is 7.58. The van der Waals surface area contributed by atoms with E-state index in [1.54, 1.807) is 17.7 Å². The van der Waals surface area contributed by atoms with Crippen molar-refractivity contribution in [3.05, 3.63) is 32.6 Å². The van der Waals surface area contributed by atoms with Crippen LogP contribution in [0, 0.1) is 12.8 Å². The van der Waals surface area contributed by atoms with Crippen molar-refractivity contribution in [2.24, 2.45) is 5.92 Å². The van der Waals surface area contributed by atoms with Crippen molar-refractivity contribution < 1.29 is 0 Å². The quantitative estimate of drug-likeness (QED) is 0.784. The molecule has 0 bridgehead atoms. The van der Waals surface area contributed by atoms with Crippen LogP contribution in [0.3, 0.4) is 0 Å². The molecule has 1 saturated carbocycles. The number of nitrogens with zero attached hydrogens (tertiary/aromatic N) is 1. The third-order valence-corrected chi connectivity index (χ3v) is 3.45. The summed E-state index contributed by atoms with van der Waals surface area (Å²) in [6.07, 6.45) is 6.18. The van der Waals surface area contributed by atoms with E-state index in [-0.39, 0.29) is 17.3 Å². The molecule has 16 heavy (non-hydrogen) atoms. The number of aromatic amines is 1. The molecule has 0 saturated heterocycles. The van der Waals surface area contributed by atoms with E-state index in [0.717, 1.165) is 19.3 Å². The molecule has 1 fully saturated rings. The second kappa shape index (κ2) is 4.28. The van der Waals surface area contributed by atoms with Crippen molar-refractivity contribution in [2.45, 2.75) is 45.6 Å². The van der Waals surface area contributed by atoms with Crippen molar-refractivity contribution in [2.75, 3.05) is 0 Å². The summed E-state index contributed by atoms with van der Waals surface area (Å²) in [6.45, 7) is 3.96. The zero-order valence-electron chi connectivity index (χ0n) is 9.82. The van der Waals surface area contributed by atoms with E-state index in [4.69, 9.17) is 0 Å². The summed E-state index contributed by atoms with van der Waals surface area (Å²) in [5, 5.41) is 0. The molecule has 2 rings (SSSR count). The van der Waals surface area contributed by atoms with Gasteiger partial charge in [-0.3, -0.25) is 14.3 Å². The molecular formula is C12H18N2O2. The van der Waals surface area contributed by atoms with Gasteiger partial charge < -0.3 is 0 Å². The molecule has 0 radical (unpaired) electrons. The Morgan fingerprint density at radius 3 is 2.81 bits per heavy atom. The monoisotopic (exact) mass is 222 g/mol. The predicted molar refractivity (Wildman–Crippen MR) is 62.7 cm³/mol. The van der Waals surface area contributed by atoms with E-state index in [2.05, 4.69) is 11.9 Å². The van der Waals surface area contributed by atoms with E-state index in [1.807, 2.05) is 0 Å². The Morgan fingerprint density at radius 2 is 2.12 bits per heavy atom. The fourth-order valence-corrected chi connectivity index (χ4v) is 2.51. The predicted octanol–water partition coefficient (Wildman–Crippen LogP) is 1.60. The van der Waals surface area contributed by atoms with Crippen LogP contribution in [0.15, 0.2) is 15.8 Å². The van der Waals surface area contributed by atoms with Gasteiger partial charge in [-0.05, 0) is 25.7 Å². The molecule has 0 aromatic carbocycles. The highest BCUT2D eigenvalue weighted by Crippen LogP contribution is 2.30. The van der Waals surface area contributed by atoms with Gasteiger partial charge in [0.15, 0.2) is 0 Å². The van der Waals surface area contributed by atoms with Gasteiger partial charge in [-0.1, -0.05) is 19.8 Å². The molecule has 4 nitrogen and oxygen atoms in total. The molecule has 2 atom stereocenters. The number of H-pyrrole nitrogens is 1. The standard InChI is InChI=1S/C12H18N2O2/c1-8-4-3-5-10(6-8)14-7-9(2)11(15)13-12(14)16/h7-8,10H,3-6H2,1-2H3,(H,13,15,16)/t8-,10+/m1/s1. The van der Waals surface area contributed by atoms with Crippen molar-refractivity contribution in [3.8, 4) is 0 Å². The number of hydrogen-bond donors (Lipinski definition) is 1. The maximum atomic E-state index is 11.7. The summed E-state index contributed by atoms with van der Waals surface area (Å²) in [5.74, 6) is 0.665. The first-order valence-electron chi connectivity index (χ1n) is 5.90. The van der Waals surface area contributed by atoms with Crippen LogP contribution >= 0.6 is 0 Å². The summed E-state index contributed by atoms with van der Waals surface area (Å²) >= 11 is 0. The van der Waals surface area contributed by atoms with E-state index in [9.17, 15) is 9.59 Å². The van der Waals surface area contributed by atoms with E-state index < -0.39 is 0 Å². The Balaban J connectivity index is 2.36. The number of aromatic nitrogens is 2. The van der Waals surface area contributed by atoms with Crippen LogP contribution < -0.4 is 11.2 Å². The Bertz CT molecular complexity index is 487. The molecule has 4 heteroatoms. The minimum absolute atomic E-state index is 0.256. The van der Waals surface area contributed by atoms with Crippen LogP contribution in [-0.4, -0.2) is 9.55 Å². The molecule has 0 amide bonds. The van der Waals surface area contributed by atoms with Crippen LogP contribution in [0.25, 0.3) is 0 Å². The Labute approximate surface area is 94.3 Å². The molecule has 1 aliphatic carbocycles. The maximum Gasteiger partial charge on any atom is 0.328 e. The summed E-state index contributed by atoms with van der Waals surface area (Å²) in [7, 11) is 0. The number of hydrogen-bond acceptors (Lipinski definition) is 2. The molecule has 88 valence electrons. The Morgan fingerprint density at radius 1 is 1.38 bits per heavy atom. The lowest BCUT2D eigenvalue weighted by molar-refractivity contribution is 0.275. The Kier molecular flexibility index (Phi) is 2.99. The second-order valence-corrected chi connectivity index (χ2v) is 4.90. The highest BCUT2D eigenvalue weighted by atomic mass is 16.2. The SMILES string of the molecule is Cc1cn([C@H]2CCC[C@@H](C)C2)c(=O)[nH]c1=O. The minimum atomic E-state index is -0.273. The zero-order chi connectivity index (χ0) is 11.7. The third-order valence-electron chi connectivity index (χ3n) is 3.45. The maximum absolute atomic E-state index is 11.7. The lowest BCUT2D eigenvalue weighted by Crippen LogP contribution is -2.34. The first-order valence-corrected chi connectivity index (χ1v) is 5.90. The van der Waals surface area contributed by atoms with Crippen molar-refractivity contribution >= 4 is 0 Å². The van der Waals surface area contributed by atoms with Gasteiger partial charge in [-0.2, -0.15) is 0 Å². The molecule has 1 heterocycles. The third kappa shape index (κ3) is 2.10. The second-order valence-electron chi connectivity index (χ2n) is 4.90. The molecule has 0 unspecified atom stereocenters. The van der Waals surface area contributed by atoms with Crippen LogP contribution in [0.2, 0.25) is 0 Å². The zero-order valence-corrected chi connectivity index (χ0v) is 9.82. The van der Waals surface area contributed by atoms with Gasteiger partial charge in [0.2, 0.25) is 0 Å². The lowest BCUT2D eigenvalue weighted by Gasteiger charge is -2.28. The molecule has 1 aromatic rings. The summed E-state index contributed by atoms with van der Waals surface area (Å²) in [4.78, 5) is 25.3. The average Bonchev–Trinajstić information content (AvgIpc) is 2.23. The van der Waals surface area contributed by atoms with Crippen LogP contribution in [-0.2, 0) is 0 Å². The fraction of sp³-hybridized carbons (Fsp3) is 0.667. The summed E-state index contributed by atoms with van der Waals surface area (Å²) in [6, 6.07) is 0.256. The summed E-state index contributed by atoms with van der Waals surface area (Å²) in [5.41, 5.74) is 0.0673. The van der Waals surface area contributed by atoms with Crippen molar-refractivity contribution in [3.63, 3.8) is 0 Å². The van der Waals surface area contributed by atoms with Gasteiger partial charge in [0.05, 0.1) is 0 Å². The molecule has 0 aliphatic heterocycles. The smallest absolute Gasteiger partial charge is 0.297 e. The van der Waals surface area contributed by atoms with Gasteiger partial charge >= 0.3 is 5.69 Å². The minimum Gasteiger partial charge on any atom is -0.297 e.